The van der Waals surface area contributed by atoms with Crippen LogP contribution in [0.3, 0.4) is 0 Å². The summed E-state index contributed by atoms with van der Waals surface area (Å²) in [6.07, 6.45) is -0.176. The number of halogens is 2. The van der Waals surface area contributed by atoms with E-state index in [0.717, 1.165) is 16.2 Å². The molecule has 0 fully saturated rings. The molecule has 0 spiro atoms. The van der Waals surface area contributed by atoms with Crippen LogP contribution in [-0.4, -0.2) is 22.0 Å². The van der Waals surface area contributed by atoms with Gasteiger partial charge in [-0.3, -0.25) is 4.79 Å². The highest BCUT2D eigenvalue weighted by Crippen LogP contribution is 2.28. The van der Waals surface area contributed by atoms with Gasteiger partial charge in [0, 0.05) is 10.6 Å². The first-order valence-corrected chi connectivity index (χ1v) is 11.1. The Kier molecular flexibility index (Phi) is 6.69. The summed E-state index contributed by atoms with van der Waals surface area (Å²) in [6, 6.07) is 17.0. The van der Waals surface area contributed by atoms with E-state index >= 15 is 0 Å². The Morgan fingerprint density at radius 2 is 1.78 bits per heavy atom. The molecule has 1 heterocycles. The number of aromatic carboxylic acids is 1. The first-order valence-electron chi connectivity index (χ1n) is 9.37. The van der Waals surface area contributed by atoms with E-state index in [0.29, 0.717) is 26.9 Å². The van der Waals surface area contributed by atoms with Gasteiger partial charge in [0.2, 0.25) is 5.89 Å². The summed E-state index contributed by atoms with van der Waals surface area (Å²) in [4.78, 5) is 28.5. The van der Waals surface area contributed by atoms with Crippen LogP contribution >= 0.6 is 35.0 Å². The molecule has 1 aromatic heterocycles. The van der Waals surface area contributed by atoms with E-state index in [1.807, 2.05) is 24.3 Å². The number of fused-ring (bicyclic) bond motifs is 1. The number of esters is 1. The number of carboxylic acid groups (broad SMARTS) is 1. The monoisotopic (exact) mass is 487 g/mol. The van der Waals surface area contributed by atoms with Crippen LogP contribution in [0.25, 0.3) is 11.1 Å². The van der Waals surface area contributed by atoms with Crippen LogP contribution in [0.4, 0.5) is 0 Å². The highest BCUT2D eigenvalue weighted by molar-refractivity contribution is 7.98. The molecule has 0 aliphatic heterocycles. The molecule has 0 saturated carbocycles. The maximum absolute atomic E-state index is 12.2. The summed E-state index contributed by atoms with van der Waals surface area (Å²) in [6.45, 7) is 0. The van der Waals surface area contributed by atoms with Crippen LogP contribution in [0.15, 0.2) is 70.0 Å². The number of ether oxygens (including phenoxy) is 1. The lowest BCUT2D eigenvalue weighted by Gasteiger charge is -2.06. The van der Waals surface area contributed by atoms with Crippen LogP contribution in [0.2, 0.25) is 10.0 Å². The molecule has 0 radical (unpaired) electrons. The Morgan fingerprint density at radius 3 is 2.50 bits per heavy atom. The van der Waals surface area contributed by atoms with Gasteiger partial charge in [-0.2, -0.15) is 0 Å². The van der Waals surface area contributed by atoms with E-state index < -0.39 is 11.9 Å². The van der Waals surface area contributed by atoms with Gasteiger partial charge in [-0.25, -0.2) is 9.78 Å². The molecule has 0 atom stereocenters. The average Bonchev–Trinajstić information content (AvgIpc) is 3.16. The molecule has 0 saturated heterocycles. The molecule has 1 N–H and O–H groups in total. The quantitative estimate of drug-likeness (QED) is 0.186. The van der Waals surface area contributed by atoms with Crippen molar-refractivity contribution in [1.29, 1.82) is 0 Å². The summed E-state index contributed by atoms with van der Waals surface area (Å²) in [5.74, 6) is -0.322. The number of thioether (sulfide) groups is 1. The second-order valence-corrected chi connectivity index (χ2v) is 8.62. The van der Waals surface area contributed by atoms with Crippen molar-refractivity contribution >= 4 is 58.0 Å². The third kappa shape index (κ3) is 5.43. The molecule has 4 aromatic rings. The third-order valence-corrected chi connectivity index (χ3v) is 6.24. The molecule has 4 rings (SSSR count). The zero-order valence-electron chi connectivity index (χ0n) is 16.4. The van der Waals surface area contributed by atoms with Gasteiger partial charge in [0.1, 0.15) is 17.7 Å². The summed E-state index contributed by atoms with van der Waals surface area (Å²) in [5, 5.41) is 10.1. The fourth-order valence-corrected chi connectivity index (χ4v) is 4.04. The molecule has 32 heavy (non-hydrogen) atoms. The van der Waals surface area contributed by atoms with Crippen LogP contribution < -0.4 is 4.74 Å². The molecule has 0 aliphatic rings. The maximum Gasteiger partial charge on any atom is 0.335 e. The van der Waals surface area contributed by atoms with Crippen molar-refractivity contribution in [3.05, 3.63) is 87.7 Å². The number of benzene rings is 3. The second kappa shape index (κ2) is 9.65. The van der Waals surface area contributed by atoms with Gasteiger partial charge in [-0.1, -0.05) is 29.3 Å². The lowest BCUT2D eigenvalue weighted by molar-refractivity contribution is -0.133. The first-order chi connectivity index (χ1) is 15.4. The zero-order chi connectivity index (χ0) is 22.7. The summed E-state index contributed by atoms with van der Waals surface area (Å²) >= 11 is 13.6. The van der Waals surface area contributed by atoms with Gasteiger partial charge in [-0.05, 0) is 60.2 Å². The minimum atomic E-state index is -1.06. The summed E-state index contributed by atoms with van der Waals surface area (Å²) < 4.78 is 10.8. The highest BCUT2D eigenvalue weighted by Gasteiger charge is 2.14. The van der Waals surface area contributed by atoms with Crippen molar-refractivity contribution in [3.63, 3.8) is 0 Å². The Balaban J connectivity index is 1.33. The molecular weight excluding hydrogens is 473 g/mol. The van der Waals surface area contributed by atoms with E-state index in [-0.39, 0.29) is 17.9 Å². The highest BCUT2D eigenvalue weighted by atomic mass is 35.5. The van der Waals surface area contributed by atoms with Crippen molar-refractivity contribution in [1.82, 2.24) is 4.98 Å². The fourth-order valence-electron chi connectivity index (χ4n) is 2.87. The Hall–Kier alpha value is -3.00. The van der Waals surface area contributed by atoms with E-state index in [2.05, 4.69) is 4.98 Å². The normalized spacial score (nSPS) is 10.9. The minimum Gasteiger partial charge on any atom is -0.478 e. The van der Waals surface area contributed by atoms with E-state index in [9.17, 15) is 9.59 Å². The number of rotatable bonds is 7. The molecule has 6 nitrogen and oxygen atoms in total. The predicted molar refractivity (Wildman–Crippen MR) is 123 cm³/mol. The number of oxazole rings is 1. The molecule has 0 unspecified atom stereocenters. The van der Waals surface area contributed by atoms with Crippen LogP contribution in [0.1, 0.15) is 21.8 Å². The van der Waals surface area contributed by atoms with Crippen molar-refractivity contribution in [2.45, 2.75) is 17.1 Å². The van der Waals surface area contributed by atoms with Crippen molar-refractivity contribution in [2.75, 3.05) is 0 Å². The molecule has 0 bridgehead atoms. The number of aromatic nitrogens is 1. The predicted octanol–water partition coefficient (Wildman–Crippen LogP) is 6.27. The van der Waals surface area contributed by atoms with Gasteiger partial charge in [0.05, 0.1) is 15.6 Å². The zero-order valence-corrected chi connectivity index (χ0v) is 18.7. The van der Waals surface area contributed by atoms with Crippen LogP contribution in [0.5, 0.6) is 5.75 Å². The Labute approximate surface area is 197 Å². The Morgan fingerprint density at radius 1 is 1.00 bits per heavy atom. The Bertz CT molecular complexity index is 1300. The summed E-state index contributed by atoms with van der Waals surface area (Å²) in [7, 11) is 0. The third-order valence-electron chi connectivity index (χ3n) is 4.42. The number of carbonyl (C=O) groups is 2. The average molecular weight is 488 g/mol. The van der Waals surface area contributed by atoms with E-state index in [4.69, 9.17) is 37.5 Å². The maximum atomic E-state index is 12.2. The topological polar surface area (TPSA) is 89.6 Å². The lowest BCUT2D eigenvalue weighted by Crippen LogP contribution is -2.11. The van der Waals surface area contributed by atoms with Gasteiger partial charge in [-0.15, -0.1) is 11.8 Å². The van der Waals surface area contributed by atoms with Gasteiger partial charge >= 0.3 is 11.9 Å². The fraction of sp³-hybridized carbons (Fsp3) is 0.0870. The van der Waals surface area contributed by atoms with Crippen molar-refractivity contribution in [2.24, 2.45) is 0 Å². The van der Waals surface area contributed by atoms with E-state index in [1.165, 1.54) is 18.2 Å². The van der Waals surface area contributed by atoms with Gasteiger partial charge < -0.3 is 14.3 Å². The van der Waals surface area contributed by atoms with E-state index in [1.54, 1.807) is 30.0 Å². The molecule has 9 heteroatoms. The number of hydrogen-bond donors (Lipinski definition) is 1. The number of nitrogens with zero attached hydrogens (tertiary/aromatic N) is 1. The molecule has 0 aliphatic carbocycles. The van der Waals surface area contributed by atoms with Crippen LogP contribution in [-0.2, 0) is 17.0 Å². The SMILES string of the molecule is O=C(Cc1nc2cc(C(=O)O)ccc2o1)Oc1ccc(SCc2ccc(Cl)c(Cl)c2)cc1. The standard InChI is InChI=1S/C23H15Cl2NO5S/c24-17-7-1-13(9-18(17)25)12-32-16-5-3-15(4-6-16)30-22(27)11-21-26-19-10-14(23(28)29)2-8-20(19)31-21/h1-10H,11-12H2,(H,28,29). The summed E-state index contributed by atoms with van der Waals surface area (Å²) in [5.41, 5.74) is 1.92. The molecular formula is C23H15Cl2NO5S. The van der Waals surface area contributed by atoms with Crippen LogP contribution in [0, 0.1) is 0 Å². The second-order valence-electron chi connectivity index (χ2n) is 6.75. The number of carbonyl (C=O) groups excluding carboxylic acids is 1. The van der Waals surface area contributed by atoms with Gasteiger partial charge in [0.15, 0.2) is 5.58 Å². The minimum absolute atomic E-state index is 0.0945. The lowest BCUT2D eigenvalue weighted by atomic mass is 10.2. The number of hydrogen-bond acceptors (Lipinski definition) is 6. The molecule has 3 aromatic carbocycles. The smallest absolute Gasteiger partial charge is 0.335 e. The molecule has 0 amide bonds. The first kappa shape index (κ1) is 22.2. The van der Waals surface area contributed by atoms with Crippen molar-refractivity contribution in [3.8, 4) is 5.75 Å². The number of carboxylic acids is 1. The molecule has 162 valence electrons. The van der Waals surface area contributed by atoms with Gasteiger partial charge in [0.25, 0.3) is 0 Å². The van der Waals surface area contributed by atoms with Crippen molar-refractivity contribution < 1.29 is 23.8 Å². The largest absolute Gasteiger partial charge is 0.478 e.